The fraction of sp³-hybridized carbons (Fsp3) is 0.286. The van der Waals surface area contributed by atoms with Crippen LogP contribution in [-0.4, -0.2) is 27.8 Å². The number of aromatic amines is 1. The van der Waals surface area contributed by atoms with E-state index in [-0.39, 0.29) is 12.5 Å². The molecule has 1 amide bonds. The minimum absolute atomic E-state index is 0.0585. The van der Waals surface area contributed by atoms with E-state index < -0.39 is 0 Å². The number of hydrogen-bond acceptors (Lipinski definition) is 4. The van der Waals surface area contributed by atoms with Crippen molar-refractivity contribution in [2.45, 2.75) is 19.9 Å². The van der Waals surface area contributed by atoms with Gasteiger partial charge in [-0.3, -0.25) is 9.89 Å². The maximum absolute atomic E-state index is 12.0. The summed E-state index contributed by atoms with van der Waals surface area (Å²) in [5.41, 5.74) is 2.19. The van der Waals surface area contributed by atoms with Gasteiger partial charge < -0.3 is 10.4 Å². The summed E-state index contributed by atoms with van der Waals surface area (Å²) >= 11 is 1.55. The number of nitrogens with zero attached hydrogens (tertiary/aromatic N) is 1. The van der Waals surface area contributed by atoms with Crippen LogP contribution < -0.4 is 5.32 Å². The summed E-state index contributed by atoms with van der Waals surface area (Å²) in [6, 6.07) is 1.92. The molecule has 2 aromatic rings. The number of aryl methyl sites for hydroxylation is 1. The van der Waals surface area contributed by atoms with Gasteiger partial charge in [-0.1, -0.05) is 11.8 Å². The van der Waals surface area contributed by atoms with Gasteiger partial charge in [0.1, 0.15) is 0 Å². The number of carbonyl (C=O) groups excluding carboxylic acids is 1. The molecule has 0 fully saturated rings. The minimum atomic E-state index is -0.154. The van der Waals surface area contributed by atoms with Crippen molar-refractivity contribution in [1.82, 2.24) is 15.5 Å². The Labute approximate surface area is 121 Å². The highest BCUT2D eigenvalue weighted by molar-refractivity contribution is 7.10. The molecule has 0 aliphatic heterocycles. The number of H-pyrrole nitrogens is 1. The zero-order valence-electron chi connectivity index (χ0n) is 11.1. The lowest BCUT2D eigenvalue weighted by Crippen LogP contribution is -2.22. The van der Waals surface area contributed by atoms with Crippen molar-refractivity contribution in [3.8, 4) is 11.8 Å². The van der Waals surface area contributed by atoms with Gasteiger partial charge in [-0.2, -0.15) is 5.10 Å². The summed E-state index contributed by atoms with van der Waals surface area (Å²) in [6.45, 7) is 2.30. The maximum atomic E-state index is 12.0. The fourth-order valence-electron chi connectivity index (χ4n) is 1.64. The van der Waals surface area contributed by atoms with Crippen molar-refractivity contribution in [1.29, 1.82) is 0 Å². The van der Waals surface area contributed by atoms with Crippen molar-refractivity contribution in [3.63, 3.8) is 0 Å². The molecule has 3 N–H and O–H groups in total. The number of hydrogen-bond donors (Lipinski definition) is 3. The Morgan fingerprint density at radius 3 is 3.15 bits per heavy atom. The van der Waals surface area contributed by atoms with Crippen molar-refractivity contribution in [2.24, 2.45) is 0 Å². The first kappa shape index (κ1) is 14.3. The van der Waals surface area contributed by atoms with Gasteiger partial charge in [0.25, 0.3) is 5.91 Å². The van der Waals surface area contributed by atoms with Crippen LogP contribution in [0.25, 0.3) is 0 Å². The van der Waals surface area contributed by atoms with Gasteiger partial charge in [0.2, 0.25) is 0 Å². The molecule has 104 valence electrons. The first-order chi connectivity index (χ1) is 9.72. The van der Waals surface area contributed by atoms with Gasteiger partial charge >= 0.3 is 0 Å². The quantitative estimate of drug-likeness (QED) is 0.745. The number of aliphatic hydroxyl groups is 1. The Morgan fingerprint density at radius 1 is 1.60 bits per heavy atom. The molecule has 5 nitrogen and oxygen atoms in total. The van der Waals surface area contributed by atoms with E-state index >= 15 is 0 Å². The molecule has 0 spiro atoms. The molecule has 2 heterocycles. The Hall–Kier alpha value is -2.10. The lowest BCUT2D eigenvalue weighted by molar-refractivity contribution is 0.0951. The largest absolute Gasteiger partial charge is 0.395 e. The molecule has 0 radical (unpaired) electrons. The van der Waals surface area contributed by atoms with Crippen LogP contribution in [0.1, 0.15) is 32.9 Å². The van der Waals surface area contributed by atoms with Gasteiger partial charge in [0.05, 0.1) is 24.9 Å². The molecule has 0 unspecified atom stereocenters. The number of carbonyl (C=O) groups is 1. The van der Waals surface area contributed by atoms with Crippen LogP contribution in [0, 0.1) is 18.8 Å². The molecule has 0 saturated carbocycles. The number of aromatic nitrogens is 2. The van der Waals surface area contributed by atoms with E-state index in [1.807, 2.05) is 11.4 Å². The average Bonchev–Trinajstić information content (AvgIpc) is 3.05. The van der Waals surface area contributed by atoms with Crippen LogP contribution in [0.5, 0.6) is 0 Å². The summed E-state index contributed by atoms with van der Waals surface area (Å²) in [5, 5.41) is 20.1. The molecule has 2 rings (SSSR count). The SMILES string of the molecule is Cc1[nH]ncc1C(=O)NCc1sccc1C#CCCO. The van der Waals surface area contributed by atoms with E-state index in [9.17, 15) is 4.79 Å². The van der Waals surface area contributed by atoms with E-state index in [1.165, 1.54) is 6.20 Å². The summed E-state index contributed by atoms with van der Waals surface area (Å²) < 4.78 is 0. The molecular formula is C14H15N3O2S. The highest BCUT2D eigenvalue weighted by atomic mass is 32.1. The second kappa shape index (κ2) is 6.89. The van der Waals surface area contributed by atoms with Crippen LogP contribution >= 0.6 is 11.3 Å². The Kier molecular flexibility index (Phi) is 4.93. The van der Waals surface area contributed by atoms with Crippen molar-refractivity contribution in [3.05, 3.63) is 39.3 Å². The fourth-order valence-corrected chi connectivity index (χ4v) is 2.41. The Balaban J connectivity index is 1.98. The minimum Gasteiger partial charge on any atom is -0.395 e. The molecule has 0 atom stereocenters. The van der Waals surface area contributed by atoms with Crippen molar-refractivity contribution >= 4 is 17.2 Å². The zero-order chi connectivity index (χ0) is 14.4. The number of nitrogens with one attached hydrogen (secondary N) is 2. The lowest BCUT2D eigenvalue weighted by Gasteiger charge is -2.03. The molecular weight excluding hydrogens is 274 g/mol. The molecule has 0 aromatic carbocycles. The third kappa shape index (κ3) is 3.47. The normalized spacial score (nSPS) is 9.90. The first-order valence-electron chi connectivity index (χ1n) is 6.16. The van der Waals surface area contributed by atoms with Crippen LogP contribution in [0.15, 0.2) is 17.6 Å². The van der Waals surface area contributed by atoms with Gasteiger partial charge in [-0.25, -0.2) is 0 Å². The molecule has 0 aliphatic rings. The van der Waals surface area contributed by atoms with Crippen LogP contribution in [0.3, 0.4) is 0 Å². The monoisotopic (exact) mass is 289 g/mol. The lowest BCUT2D eigenvalue weighted by atomic mass is 10.2. The Bertz CT molecular complexity index is 649. The highest BCUT2D eigenvalue weighted by Crippen LogP contribution is 2.15. The van der Waals surface area contributed by atoms with Crippen LogP contribution in [0.4, 0.5) is 0 Å². The average molecular weight is 289 g/mol. The topological polar surface area (TPSA) is 78.0 Å². The summed E-state index contributed by atoms with van der Waals surface area (Å²) in [7, 11) is 0. The van der Waals surface area contributed by atoms with Gasteiger partial charge in [-0.05, 0) is 18.4 Å². The standard InChI is InChI=1S/C14H15N3O2S/c1-10-12(8-16-17-10)14(19)15-9-13-11(5-7-20-13)4-2-3-6-18/h5,7-8,18H,3,6,9H2,1H3,(H,15,19)(H,16,17). The van der Waals surface area contributed by atoms with Crippen molar-refractivity contribution in [2.75, 3.05) is 6.61 Å². The first-order valence-corrected chi connectivity index (χ1v) is 7.04. The van der Waals surface area contributed by atoms with E-state index in [4.69, 9.17) is 5.11 Å². The van der Waals surface area contributed by atoms with E-state index in [0.29, 0.717) is 18.5 Å². The number of aliphatic hydroxyl groups excluding tert-OH is 1. The molecule has 6 heteroatoms. The highest BCUT2D eigenvalue weighted by Gasteiger charge is 2.11. The van der Waals surface area contributed by atoms with E-state index in [1.54, 1.807) is 18.3 Å². The molecule has 0 aliphatic carbocycles. The molecule has 20 heavy (non-hydrogen) atoms. The predicted octanol–water partition coefficient (Wildman–Crippen LogP) is 1.44. The number of rotatable bonds is 4. The van der Waals surface area contributed by atoms with Gasteiger partial charge in [0, 0.05) is 22.6 Å². The predicted molar refractivity (Wildman–Crippen MR) is 77.4 cm³/mol. The van der Waals surface area contributed by atoms with Crippen LogP contribution in [-0.2, 0) is 6.54 Å². The van der Waals surface area contributed by atoms with Crippen LogP contribution in [0.2, 0.25) is 0 Å². The smallest absolute Gasteiger partial charge is 0.255 e. The molecule has 0 saturated heterocycles. The summed E-state index contributed by atoms with van der Waals surface area (Å²) in [6.07, 6.45) is 1.97. The summed E-state index contributed by atoms with van der Waals surface area (Å²) in [5.74, 6) is 5.72. The summed E-state index contributed by atoms with van der Waals surface area (Å²) in [4.78, 5) is 13.0. The second-order valence-corrected chi connectivity index (χ2v) is 5.12. The third-order valence-corrected chi connectivity index (χ3v) is 3.61. The molecule has 0 bridgehead atoms. The zero-order valence-corrected chi connectivity index (χ0v) is 11.9. The second-order valence-electron chi connectivity index (χ2n) is 4.12. The number of thiophene rings is 1. The van der Waals surface area contributed by atoms with E-state index in [2.05, 4.69) is 27.4 Å². The number of amides is 1. The maximum Gasteiger partial charge on any atom is 0.255 e. The van der Waals surface area contributed by atoms with Gasteiger partial charge in [-0.15, -0.1) is 11.3 Å². The van der Waals surface area contributed by atoms with Crippen molar-refractivity contribution < 1.29 is 9.90 Å². The third-order valence-electron chi connectivity index (χ3n) is 2.69. The van der Waals surface area contributed by atoms with E-state index in [0.717, 1.165) is 16.1 Å². The Morgan fingerprint density at radius 2 is 2.45 bits per heavy atom. The van der Waals surface area contributed by atoms with Gasteiger partial charge in [0.15, 0.2) is 0 Å². The molecule has 2 aromatic heterocycles.